The molecule has 1 aliphatic heterocycles. The SMILES string of the molecule is O=C(NCCc1cnccn1)N1CCOCC1. The van der Waals surface area contributed by atoms with Gasteiger partial charge in [-0.15, -0.1) is 0 Å². The van der Waals surface area contributed by atoms with Gasteiger partial charge in [-0.25, -0.2) is 4.79 Å². The number of hydrogen-bond acceptors (Lipinski definition) is 4. The molecule has 0 spiro atoms. The molecule has 2 rings (SSSR count). The Labute approximate surface area is 100 Å². The lowest BCUT2D eigenvalue weighted by Gasteiger charge is -2.26. The van der Waals surface area contributed by atoms with Crippen molar-refractivity contribution in [1.82, 2.24) is 20.2 Å². The molecule has 6 heteroatoms. The van der Waals surface area contributed by atoms with Gasteiger partial charge in [0.15, 0.2) is 0 Å². The van der Waals surface area contributed by atoms with Crippen molar-refractivity contribution >= 4 is 6.03 Å². The average molecular weight is 236 g/mol. The lowest BCUT2D eigenvalue weighted by molar-refractivity contribution is 0.0533. The Hall–Kier alpha value is -1.69. The van der Waals surface area contributed by atoms with Crippen LogP contribution in [-0.4, -0.2) is 53.7 Å². The maximum absolute atomic E-state index is 11.7. The van der Waals surface area contributed by atoms with Gasteiger partial charge in [-0.2, -0.15) is 0 Å². The van der Waals surface area contributed by atoms with Crippen LogP contribution in [-0.2, 0) is 11.2 Å². The van der Waals surface area contributed by atoms with Crippen molar-refractivity contribution in [1.29, 1.82) is 0 Å². The van der Waals surface area contributed by atoms with E-state index in [0.29, 0.717) is 39.3 Å². The van der Waals surface area contributed by atoms with Crippen LogP contribution in [0.25, 0.3) is 0 Å². The number of carbonyl (C=O) groups is 1. The van der Waals surface area contributed by atoms with E-state index in [0.717, 1.165) is 5.69 Å². The van der Waals surface area contributed by atoms with Gasteiger partial charge in [-0.05, 0) is 0 Å². The third-order valence-electron chi connectivity index (χ3n) is 2.57. The van der Waals surface area contributed by atoms with Gasteiger partial charge >= 0.3 is 6.03 Å². The highest BCUT2D eigenvalue weighted by molar-refractivity contribution is 5.74. The van der Waals surface area contributed by atoms with Crippen LogP contribution >= 0.6 is 0 Å². The molecule has 92 valence electrons. The molecule has 0 aliphatic carbocycles. The van der Waals surface area contributed by atoms with Gasteiger partial charge in [0.2, 0.25) is 0 Å². The molecule has 0 atom stereocenters. The molecule has 0 radical (unpaired) electrons. The van der Waals surface area contributed by atoms with Crippen LogP contribution < -0.4 is 5.32 Å². The van der Waals surface area contributed by atoms with Crippen molar-refractivity contribution in [2.24, 2.45) is 0 Å². The number of aromatic nitrogens is 2. The number of ether oxygens (including phenoxy) is 1. The van der Waals surface area contributed by atoms with Crippen LogP contribution in [0.4, 0.5) is 4.79 Å². The molecule has 1 saturated heterocycles. The largest absolute Gasteiger partial charge is 0.378 e. The number of rotatable bonds is 3. The predicted octanol–water partition coefficient (Wildman–Crippen LogP) is 0.0609. The molecule has 0 aromatic carbocycles. The van der Waals surface area contributed by atoms with Crippen LogP contribution in [0.2, 0.25) is 0 Å². The minimum absolute atomic E-state index is 0.0304. The zero-order valence-corrected chi connectivity index (χ0v) is 9.63. The molecule has 17 heavy (non-hydrogen) atoms. The predicted molar refractivity (Wildman–Crippen MR) is 61.5 cm³/mol. The Bertz CT molecular complexity index is 352. The number of carbonyl (C=O) groups excluding carboxylic acids is 1. The second kappa shape index (κ2) is 6.15. The number of hydrogen-bond donors (Lipinski definition) is 1. The molecule has 1 N–H and O–H groups in total. The molecule has 1 aromatic rings. The Morgan fingerprint density at radius 1 is 1.41 bits per heavy atom. The topological polar surface area (TPSA) is 67.4 Å². The highest BCUT2D eigenvalue weighted by atomic mass is 16.5. The summed E-state index contributed by atoms with van der Waals surface area (Å²) in [6.07, 6.45) is 5.69. The number of morpholine rings is 1. The van der Waals surface area contributed by atoms with Crippen molar-refractivity contribution in [3.05, 3.63) is 24.3 Å². The summed E-state index contributed by atoms with van der Waals surface area (Å²) < 4.78 is 5.18. The zero-order valence-electron chi connectivity index (χ0n) is 9.63. The number of nitrogens with zero attached hydrogens (tertiary/aromatic N) is 3. The molecule has 1 fully saturated rings. The van der Waals surface area contributed by atoms with Gasteiger partial charge in [-0.3, -0.25) is 9.97 Å². The Morgan fingerprint density at radius 3 is 2.94 bits per heavy atom. The molecule has 0 unspecified atom stereocenters. The maximum Gasteiger partial charge on any atom is 0.317 e. The minimum Gasteiger partial charge on any atom is -0.378 e. The molecule has 1 aromatic heterocycles. The molecule has 2 heterocycles. The first-order chi connectivity index (χ1) is 8.36. The van der Waals surface area contributed by atoms with Crippen molar-refractivity contribution in [3.63, 3.8) is 0 Å². The van der Waals surface area contributed by atoms with Gasteiger partial charge in [0.05, 0.1) is 18.9 Å². The Kier molecular flexibility index (Phi) is 4.26. The van der Waals surface area contributed by atoms with Crippen LogP contribution in [0.5, 0.6) is 0 Å². The monoisotopic (exact) mass is 236 g/mol. The summed E-state index contributed by atoms with van der Waals surface area (Å²) in [5.74, 6) is 0. The quantitative estimate of drug-likeness (QED) is 0.806. The number of amides is 2. The fraction of sp³-hybridized carbons (Fsp3) is 0.545. The van der Waals surface area contributed by atoms with E-state index in [-0.39, 0.29) is 6.03 Å². The normalized spacial score (nSPS) is 15.6. The van der Waals surface area contributed by atoms with E-state index in [1.807, 2.05) is 0 Å². The van der Waals surface area contributed by atoms with E-state index in [2.05, 4.69) is 15.3 Å². The maximum atomic E-state index is 11.7. The third-order valence-corrected chi connectivity index (χ3v) is 2.57. The van der Waals surface area contributed by atoms with Crippen LogP contribution in [0.15, 0.2) is 18.6 Å². The molecule has 2 amide bonds. The third kappa shape index (κ3) is 3.67. The van der Waals surface area contributed by atoms with Crippen molar-refractivity contribution < 1.29 is 9.53 Å². The van der Waals surface area contributed by atoms with Gasteiger partial charge in [-0.1, -0.05) is 0 Å². The van der Waals surface area contributed by atoms with E-state index in [4.69, 9.17) is 4.74 Å². The summed E-state index contributed by atoms with van der Waals surface area (Å²) in [6.45, 7) is 3.15. The highest BCUT2D eigenvalue weighted by Gasteiger charge is 2.15. The van der Waals surface area contributed by atoms with E-state index >= 15 is 0 Å². The van der Waals surface area contributed by atoms with Crippen molar-refractivity contribution in [2.75, 3.05) is 32.8 Å². The fourth-order valence-electron chi connectivity index (χ4n) is 1.63. The van der Waals surface area contributed by atoms with Crippen LogP contribution in [0, 0.1) is 0 Å². The summed E-state index contributed by atoms with van der Waals surface area (Å²) in [4.78, 5) is 21.6. The fourth-order valence-corrected chi connectivity index (χ4v) is 1.63. The van der Waals surface area contributed by atoms with Crippen LogP contribution in [0.3, 0.4) is 0 Å². The zero-order chi connectivity index (χ0) is 11.9. The molecule has 0 saturated carbocycles. The first-order valence-electron chi connectivity index (χ1n) is 5.71. The average Bonchev–Trinajstić information content (AvgIpc) is 2.41. The highest BCUT2D eigenvalue weighted by Crippen LogP contribution is 1.97. The van der Waals surface area contributed by atoms with Gasteiger partial charge in [0, 0.05) is 44.6 Å². The van der Waals surface area contributed by atoms with Gasteiger partial charge in [0.25, 0.3) is 0 Å². The first kappa shape index (κ1) is 11.8. The van der Waals surface area contributed by atoms with Crippen molar-refractivity contribution in [2.45, 2.75) is 6.42 Å². The van der Waals surface area contributed by atoms with Crippen LogP contribution in [0.1, 0.15) is 5.69 Å². The van der Waals surface area contributed by atoms with E-state index in [1.54, 1.807) is 23.5 Å². The Balaban J connectivity index is 1.69. The summed E-state index contributed by atoms with van der Waals surface area (Å²) in [6, 6.07) is -0.0304. The summed E-state index contributed by atoms with van der Waals surface area (Å²) in [7, 11) is 0. The molecular weight excluding hydrogens is 220 g/mol. The molecule has 0 bridgehead atoms. The Morgan fingerprint density at radius 2 is 2.24 bits per heavy atom. The molecule has 6 nitrogen and oxygen atoms in total. The van der Waals surface area contributed by atoms with Gasteiger partial charge in [0.1, 0.15) is 0 Å². The summed E-state index contributed by atoms with van der Waals surface area (Å²) >= 11 is 0. The van der Waals surface area contributed by atoms with E-state index in [1.165, 1.54) is 0 Å². The smallest absolute Gasteiger partial charge is 0.317 e. The lowest BCUT2D eigenvalue weighted by atomic mass is 10.3. The summed E-state index contributed by atoms with van der Waals surface area (Å²) in [5.41, 5.74) is 0.884. The second-order valence-electron chi connectivity index (χ2n) is 3.78. The number of urea groups is 1. The van der Waals surface area contributed by atoms with E-state index < -0.39 is 0 Å². The molecule has 1 aliphatic rings. The van der Waals surface area contributed by atoms with Gasteiger partial charge < -0.3 is 15.0 Å². The number of nitrogens with one attached hydrogen (secondary N) is 1. The lowest BCUT2D eigenvalue weighted by Crippen LogP contribution is -2.46. The van der Waals surface area contributed by atoms with E-state index in [9.17, 15) is 4.79 Å². The first-order valence-corrected chi connectivity index (χ1v) is 5.71. The summed E-state index contributed by atoms with van der Waals surface area (Å²) in [5, 5.41) is 2.86. The molecular formula is C11H16N4O2. The van der Waals surface area contributed by atoms with Crippen molar-refractivity contribution in [3.8, 4) is 0 Å². The second-order valence-corrected chi connectivity index (χ2v) is 3.78. The standard InChI is InChI=1S/C11H16N4O2/c16-11(15-5-7-17-8-6-15)14-2-1-10-9-12-3-4-13-10/h3-4,9H,1-2,5-8H2,(H,14,16). The minimum atomic E-state index is -0.0304.